The molecule has 0 spiro atoms. The van der Waals surface area contributed by atoms with Gasteiger partial charge in [-0.05, 0) is 93.1 Å². The molecule has 0 radical (unpaired) electrons. The molecule has 0 unspecified atom stereocenters. The minimum Gasteiger partial charge on any atom is -0.457 e. The Bertz CT molecular complexity index is 1480. The van der Waals surface area contributed by atoms with E-state index < -0.39 is 64.2 Å². The maximum absolute atomic E-state index is 12.5. The van der Waals surface area contributed by atoms with E-state index >= 15 is 0 Å². The molecule has 1 aromatic heterocycles. The van der Waals surface area contributed by atoms with Gasteiger partial charge in [0.2, 0.25) is 0 Å². The number of carbonyl (C=O) groups is 1. The second-order valence-electron chi connectivity index (χ2n) is 14.3. The van der Waals surface area contributed by atoms with Crippen LogP contribution in [-0.4, -0.2) is 63.7 Å². The summed E-state index contributed by atoms with van der Waals surface area (Å²) in [6.07, 6.45) is 1.93. The fraction of sp³-hybridized carbons (Fsp3) is 0.750. The average Bonchev–Trinajstić information content (AvgIpc) is 3.28. The van der Waals surface area contributed by atoms with Crippen LogP contribution in [0.5, 0.6) is 0 Å². The van der Waals surface area contributed by atoms with Gasteiger partial charge in [-0.3, -0.25) is 4.79 Å². The average molecular weight is 663 g/mol. The highest BCUT2D eigenvalue weighted by atomic mass is 17.0. The van der Waals surface area contributed by atoms with Gasteiger partial charge in [0.05, 0.1) is 24.1 Å². The van der Waals surface area contributed by atoms with Crippen molar-refractivity contribution in [2.24, 2.45) is 22.7 Å². The lowest BCUT2D eigenvalue weighted by Crippen LogP contribution is -2.62. The number of esters is 1. The molecule has 4 aliphatic carbocycles. The lowest BCUT2D eigenvalue weighted by atomic mass is 9.45. The number of allylic oxidation sites excluding steroid dienone is 1. The molecule has 258 valence electrons. The van der Waals surface area contributed by atoms with Crippen molar-refractivity contribution in [3.8, 4) is 0 Å². The number of rotatable bonds is 8. The normalized spacial score (nSPS) is 42.6. The summed E-state index contributed by atoms with van der Waals surface area (Å²) in [6.45, 7) is 7.03. The van der Waals surface area contributed by atoms with Crippen LogP contribution in [0.1, 0.15) is 90.5 Å². The van der Waals surface area contributed by atoms with Crippen LogP contribution < -0.4 is 5.63 Å². The molecule has 0 bridgehead atoms. The van der Waals surface area contributed by atoms with Crippen LogP contribution in [0.15, 0.2) is 39.3 Å². The molecule has 1 N–H and O–H groups in total. The molecule has 1 saturated heterocycles. The number of fused-ring (bicyclic) bond motifs is 5. The summed E-state index contributed by atoms with van der Waals surface area (Å²) in [5, 5.41) is 33.1. The number of nitrogens with zero attached hydrogens (tertiary/aromatic N) is 2. The molecular formula is C32H42N2O13. The Morgan fingerprint density at radius 2 is 1.70 bits per heavy atom. The van der Waals surface area contributed by atoms with Gasteiger partial charge in [0.25, 0.3) is 10.2 Å². The quantitative estimate of drug-likeness (QED) is 0.181. The van der Waals surface area contributed by atoms with Crippen molar-refractivity contribution in [3.05, 3.63) is 66.3 Å². The highest BCUT2D eigenvalue weighted by Gasteiger charge is 2.67. The van der Waals surface area contributed by atoms with Gasteiger partial charge in [-0.1, -0.05) is 25.5 Å². The van der Waals surface area contributed by atoms with Gasteiger partial charge < -0.3 is 33.4 Å². The minimum absolute atomic E-state index is 0.0835. The summed E-state index contributed by atoms with van der Waals surface area (Å²) < 4.78 is 22.5. The van der Waals surface area contributed by atoms with Crippen LogP contribution in [0.4, 0.5) is 0 Å². The zero-order valence-electron chi connectivity index (χ0n) is 26.9. The van der Waals surface area contributed by atoms with Crippen LogP contribution in [0.25, 0.3) is 0 Å². The monoisotopic (exact) mass is 662 g/mol. The van der Waals surface area contributed by atoms with Gasteiger partial charge in [0.1, 0.15) is 0 Å². The molecule has 1 aromatic rings. The molecule has 47 heavy (non-hydrogen) atoms. The number of hydrogen-bond donors (Lipinski definition) is 1. The van der Waals surface area contributed by atoms with E-state index in [4.69, 9.17) is 28.3 Å². The van der Waals surface area contributed by atoms with E-state index in [0.29, 0.717) is 12.8 Å². The van der Waals surface area contributed by atoms with Crippen molar-refractivity contribution < 1.29 is 48.4 Å². The molecule has 6 rings (SSSR count). The summed E-state index contributed by atoms with van der Waals surface area (Å²) in [4.78, 5) is 55.7. The Labute approximate surface area is 270 Å². The Balaban J connectivity index is 1.22. The molecule has 4 fully saturated rings. The lowest BCUT2D eigenvalue weighted by Gasteiger charge is -2.62. The summed E-state index contributed by atoms with van der Waals surface area (Å²) in [7, 11) is 0. The predicted octanol–water partition coefficient (Wildman–Crippen LogP) is 4.02. The van der Waals surface area contributed by atoms with Crippen LogP contribution in [0, 0.1) is 42.9 Å². The highest BCUT2D eigenvalue weighted by molar-refractivity contribution is 5.66. The summed E-state index contributed by atoms with van der Waals surface area (Å²) in [6, 6.07) is 3.27. The van der Waals surface area contributed by atoms with Crippen molar-refractivity contribution in [1.29, 1.82) is 0 Å². The smallest absolute Gasteiger partial charge is 0.335 e. The minimum atomic E-state index is -1.71. The van der Waals surface area contributed by atoms with Gasteiger partial charge in [-0.25, -0.2) is 4.79 Å². The lowest BCUT2D eigenvalue weighted by molar-refractivity contribution is -0.806. The number of aliphatic hydroxyl groups is 1. The number of ether oxygens (including phenoxy) is 3. The zero-order chi connectivity index (χ0) is 33.9. The van der Waals surface area contributed by atoms with Crippen LogP contribution in [-0.2, 0) is 28.7 Å². The zero-order valence-corrected chi connectivity index (χ0v) is 26.9. The molecule has 2 heterocycles. The first kappa shape index (κ1) is 33.3. The maximum Gasteiger partial charge on any atom is 0.335 e. The molecule has 1 aliphatic heterocycles. The van der Waals surface area contributed by atoms with Gasteiger partial charge in [0.15, 0.2) is 24.6 Å². The third kappa shape index (κ3) is 5.69. The summed E-state index contributed by atoms with van der Waals surface area (Å²) in [5.74, 6) is -0.377. The van der Waals surface area contributed by atoms with E-state index in [1.54, 1.807) is 6.26 Å². The fourth-order valence-electron chi connectivity index (χ4n) is 9.92. The largest absolute Gasteiger partial charge is 0.457 e. The Morgan fingerprint density at radius 3 is 2.36 bits per heavy atom. The molecule has 0 amide bonds. The van der Waals surface area contributed by atoms with E-state index in [0.717, 1.165) is 51.0 Å². The predicted molar refractivity (Wildman–Crippen MR) is 159 cm³/mol. The summed E-state index contributed by atoms with van der Waals surface area (Å²) >= 11 is 0. The molecule has 12 atom stereocenters. The van der Waals surface area contributed by atoms with E-state index in [1.165, 1.54) is 18.6 Å². The van der Waals surface area contributed by atoms with Crippen molar-refractivity contribution >= 4 is 5.97 Å². The van der Waals surface area contributed by atoms with Gasteiger partial charge >= 0.3 is 11.6 Å². The third-order valence-corrected chi connectivity index (χ3v) is 12.1. The topological polar surface area (TPSA) is 200 Å². The maximum atomic E-state index is 12.5. The van der Waals surface area contributed by atoms with Gasteiger partial charge in [-0.15, -0.1) is 20.2 Å². The molecule has 3 saturated carbocycles. The van der Waals surface area contributed by atoms with E-state index in [9.17, 15) is 34.9 Å². The Kier molecular flexibility index (Phi) is 8.62. The Hall–Kier alpha value is -3.56. The van der Waals surface area contributed by atoms with Crippen LogP contribution in [0.2, 0.25) is 0 Å². The van der Waals surface area contributed by atoms with Crippen molar-refractivity contribution in [2.45, 2.75) is 127 Å². The highest BCUT2D eigenvalue weighted by Crippen LogP contribution is 2.70. The fourth-order valence-corrected chi connectivity index (χ4v) is 9.92. The summed E-state index contributed by atoms with van der Waals surface area (Å²) in [5.41, 5.74) is 0.309. The number of hydrogen-bond acceptors (Lipinski definition) is 13. The molecule has 15 nitrogen and oxygen atoms in total. The second-order valence-corrected chi connectivity index (χ2v) is 14.3. The Morgan fingerprint density at radius 1 is 0.979 bits per heavy atom. The second kappa shape index (κ2) is 12.2. The number of carbonyl (C=O) groups excluding carboxylic acids is 1. The molecule has 0 aromatic carbocycles. The first-order valence-electron chi connectivity index (χ1n) is 16.3. The van der Waals surface area contributed by atoms with Gasteiger partial charge in [-0.2, -0.15) is 0 Å². The molecular weight excluding hydrogens is 620 g/mol. The SMILES string of the molecule is CC(=O)O[C@@H]1[C@@H](O[N+](=O)[O-])[C@@H](O[N+](=O)[O-])[C@H](O[C@@H]2C=C3CC[C@@H]4[C@H](CC[C@]5(C)[C@@H](c6ccc(=O)oc6)CC[C@]45O)[C@@]3(C)CC2)O[C@H]1C. The van der Waals surface area contributed by atoms with Crippen molar-refractivity contribution in [3.63, 3.8) is 0 Å². The first-order valence-corrected chi connectivity index (χ1v) is 16.3. The van der Waals surface area contributed by atoms with Gasteiger partial charge in [0, 0.05) is 18.4 Å². The van der Waals surface area contributed by atoms with E-state index in [2.05, 4.69) is 13.8 Å². The molecule has 5 aliphatic rings. The van der Waals surface area contributed by atoms with E-state index in [-0.39, 0.29) is 28.6 Å². The van der Waals surface area contributed by atoms with Crippen molar-refractivity contribution in [2.75, 3.05) is 0 Å². The molecule has 15 heteroatoms. The van der Waals surface area contributed by atoms with Crippen LogP contribution >= 0.6 is 0 Å². The van der Waals surface area contributed by atoms with E-state index in [1.807, 2.05) is 12.1 Å². The first-order chi connectivity index (χ1) is 22.2. The van der Waals surface area contributed by atoms with Crippen molar-refractivity contribution in [1.82, 2.24) is 0 Å². The van der Waals surface area contributed by atoms with Crippen LogP contribution in [0.3, 0.4) is 0 Å². The standard InChI is InChI=1S/C32H42N2O13/c1-17-26(44-18(2)35)27(46-33(38)39)28(47-34(40)41)29(43-17)45-21-9-12-30(3)20(15-21)6-7-24-23(30)10-13-31(4)22(11-14-32(24,31)37)19-5-8-25(36)42-16-19/h5,8,15-17,21-24,26-29,37H,6-7,9-14H2,1-4H3/t17-,21-,22+,23-,24+,26-,27+,28+,29-,30-,31+,32-/m0/s1. The third-order valence-electron chi connectivity index (χ3n) is 12.1.